The van der Waals surface area contributed by atoms with Crippen LogP contribution in [-0.4, -0.2) is 44.0 Å². The maximum Gasteiger partial charge on any atom is 0.252 e. The highest BCUT2D eigenvalue weighted by Crippen LogP contribution is 2.23. The molecule has 0 heterocycles. The van der Waals surface area contributed by atoms with Crippen LogP contribution in [0.2, 0.25) is 0 Å². The number of aliphatic hydroxyl groups excluding tert-OH is 1. The lowest BCUT2D eigenvalue weighted by atomic mass is 10.3. The molecule has 0 aliphatic heterocycles. The van der Waals surface area contributed by atoms with Gasteiger partial charge in [0.1, 0.15) is 10.7 Å². The third-order valence-electron chi connectivity index (χ3n) is 2.20. The van der Waals surface area contributed by atoms with E-state index in [1.165, 1.54) is 6.07 Å². The summed E-state index contributed by atoms with van der Waals surface area (Å²) in [5.41, 5.74) is 0. The van der Waals surface area contributed by atoms with E-state index in [-0.39, 0.29) is 0 Å². The van der Waals surface area contributed by atoms with Gasteiger partial charge in [-0.25, -0.2) is 21.6 Å². The third kappa shape index (κ3) is 4.16. The molecule has 9 heteroatoms. The average Bonchev–Trinajstić information content (AvgIpc) is 2.27. The summed E-state index contributed by atoms with van der Waals surface area (Å²) >= 11 is 2.96. The Bertz CT molecular complexity index is 539. The van der Waals surface area contributed by atoms with Crippen LogP contribution in [0.3, 0.4) is 0 Å². The maximum atomic E-state index is 13.6. The van der Waals surface area contributed by atoms with Gasteiger partial charge >= 0.3 is 0 Å². The lowest BCUT2D eigenvalue weighted by Gasteiger charge is -2.21. The van der Waals surface area contributed by atoms with Crippen LogP contribution in [0.15, 0.2) is 27.6 Å². The summed E-state index contributed by atoms with van der Waals surface area (Å²) in [5.74, 6) is -1.05. The zero-order chi connectivity index (χ0) is 14.6. The predicted octanol–water partition coefficient (Wildman–Crippen LogP) is 1.84. The monoisotopic (exact) mass is 361 g/mol. The second-order valence-electron chi connectivity index (χ2n) is 3.55. The van der Waals surface area contributed by atoms with E-state index in [0.717, 1.165) is 12.1 Å². The number of alkyl halides is 2. The van der Waals surface area contributed by atoms with Crippen LogP contribution in [0.25, 0.3) is 0 Å². The van der Waals surface area contributed by atoms with Gasteiger partial charge in [-0.2, -0.15) is 4.31 Å². The molecule has 0 spiro atoms. The first-order valence-corrected chi connectivity index (χ1v) is 7.36. The van der Waals surface area contributed by atoms with Crippen molar-refractivity contribution in [2.45, 2.75) is 11.3 Å². The molecule has 0 fully saturated rings. The first-order valence-electron chi connectivity index (χ1n) is 5.13. The molecule has 0 bridgehead atoms. The highest BCUT2D eigenvalue weighted by molar-refractivity contribution is 9.10. The standard InChI is InChI=1S/C10H11BrF3NO3S/c11-7-1-2-9(8(12)5-7)19(17,18)15(3-4-16)6-10(13)14/h1-2,5,10,16H,3-4,6H2. The van der Waals surface area contributed by atoms with Gasteiger partial charge in [-0.15, -0.1) is 0 Å². The summed E-state index contributed by atoms with van der Waals surface area (Å²) in [7, 11) is -4.41. The van der Waals surface area contributed by atoms with E-state index >= 15 is 0 Å². The summed E-state index contributed by atoms with van der Waals surface area (Å²) in [5, 5.41) is 8.72. The normalized spacial score (nSPS) is 12.4. The van der Waals surface area contributed by atoms with Gasteiger partial charge in [-0.3, -0.25) is 0 Å². The van der Waals surface area contributed by atoms with Gasteiger partial charge in [0.2, 0.25) is 10.0 Å². The molecular formula is C10H11BrF3NO3S. The molecule has 0 saturated carbocycles. The Morgan fingerprint density at radius 2 is 2.00 bits per heavy atom. The highest BCUT2D eigenvalue weighted by atomic mass is 79.9. The van der Waals surface area contributed by atoms with Gasteiger partial charge in [0.25, 0.3) is 6.43 Å². The molecule has 0 radical (unpaired) electrons. The van der Waals surface area contributed by atoms with E-state index in [1.54, 1.807) is 0 Å². The van der Waals surface area contributed by atoms with Gasteiger partial charge in [0.05, 0.1) is 13.2 Å². The molecule has 1 aromatic rings. The molecule has 1 rings (SSSR count). The summed E-state index contributed by atoms with van der Waals surface area (Å²) in [6, 6.07) is 3.19. The molecule has 0 atom stereocenters. The predicted molar refractivity (Wildman–Crippen MR) is 65.9 cm³/mol. The maximum absolute atomic E-state index is 13.6. The minimum Gasteiger partial charge on any atom is -0.395 e. The minimum atomic E-state index is -4.41. The van der Waals surface area contributed by atoms with Gasteiger partial charge in [-0.1, -0.05) is 15.9 Å². The van der Waals surface area contributed by atoms with Crippen molar-refractivity contribution in [2.24, 2.45) is 0 Å². The molecule has 1 N–H and O–H groups in total. The second kappa shape index (κ2) is 6.69. The van der Waals surface area contributed by atoms with Gasteiger partial charge in [0, 0.05) is 11.0 Å². The van der Waals surface area contributed by atoms with Crippen molar-refractivity contribution in [2.75, 3.05) is 19.7 Å². The number of sulfonamides is 1. The van der Waals surface area contributed by atoms with Crippen LogP contribution in [0.1, 0.15) is 0 Å². The lowest BCUT2D eigenvalue weighted by molar-refractivity contribution is 0.113. The van der Waals surface area contributed by atoms with E-state index in [9.17, 15) is 21.6 Å². The van der Waals surface area contributed by atoms with E-state index in [1.807, 2.05) is 0 Å². The Balaban J connectivity index is 3.18. The number of aliphatic hydroxyl groups is 1. The van der Waals surface area contributed by atoms with E-state index < -0.39 is 46.9 Å². The Morgan fingerprint density at radius 1 is 1.37 bits per heavy atom. The van der Waals surface area contributed by atoms with Crippen molar-refractivity contribution in [1.29, 1.82) is 0 Å². The number of rotatable bonds is 6. The van der Waals surface area contributed by atoms with Crippen molar-refractivity contribution in [3.8, 4) is 0 Å². The number of hydrogen-bond acceptors (Lipinski definition) is 3. The Morgan fingerprint density at radius 3 is 2.47 bits per heavy atom. The van der Waals surface area contributed by atoms with Crippen molar-refractivity contribution in [3.63, 3.8) is 0 Å². The Labute approximate surface area is 117 Å². The smallest absolute Gasteiger partial charge is 0.252 e. The van der Waals surface area contributed by atoms with E-state index in [0.29, 0.717) is 8.78 Å². The lowest BCUT2D eigenvalue weighted by Crippen LogP contribution is -2.37. The van der Waals surface area contributed by atoms with Crippen molar-refractivity contribution in [1.82, 2.24) is 4.31 Å². The molecule has 0 aliphatic carbocycles. The molecular weight excluding hydrogens is 351 g/mol. The molecule has 1 aromatic carbocycles. The zero-order valence-electron chi connectivity index (χ0n) is 9.56. The fourth-order valence-electron chi connectivity index (χ4n) is 1.40. The number of hydrogen-bond donors (Lipinski definition) is 1. The number of nitrogens with zero attached hydrogens (tertiary/aromatic N) is 1. The van der Waals surface area contributed by atoms with Gasteiger partial charge in [0.15, 0.2) is 0 Å². The minimum absolute atomic E-state index is 0.325. The average molecular weight is 362 g/mol. The largest absolute Gasteiger partial charge is 0.395 e. The van der Waals surface area contributed by atoms with Gasteiger partial charge in [-0.05, 0) is 18.2 Å². The first-order chi connectivity index (χ1) is 8.78. The van der Waals surface area contributed by atoms with E-state index in [4.69, 9.17) is 5.11 Å². The number of benzene rings is 1. The summed E-state index contributed by atoms with van der Waals surface area (Å²) < 4.78 is 63.0. The van der Waals surface area contributed by atoms with Crippen LogP contribution in [0.5, 0.6) is 0 Å². The molecule has 0 unspecified atom stereocenters. The first kappa shape index (κ1) is 16.4. The quantitative estimate of drug-likeness (QED) is 0.840. The van der Waals surface area contributed by atoms with Crippen LogP contribution < -0.4 is 0 Å². The van der Waals surface area contributed by atoms with Gasteiger partial charge < -0.3 is 5.11 Å². The number of halogens is 4. The Kier molecular flexibility index (Phi) is 5.78. The molecule has 0 amide bonds. The van der Waals surface area contributed by atoms with Crippen molar-refractivity contribution < 1.29 is 26.7 Å². The van der Waals surface area contributed by atoms with Crippen molar-refractivity contribution in [3.05, 3.63) is 28.5 Å². The molecule has 19 heavy (non-hydrogen) atoms. The van der Waals surface area contributed by atoms with Crippen LogP contribution in [0, 0.1) is 5.82 Å². The SMILES string of the molecule is O=S(=O)(c1ccc(Br)cc1F)N(CCO)CC(F)F. The summed E-state index contributed by atoms with van der Waals surface area (Å²) in [6.07, 6.45) is -2.92. The van der Waals surface area contributed by atoms with Crippen LogP contribution >= 0.6 is 15.9 Å². The molecule has 0 aliphatic rings. The summed E-state index contributed by atoms with van der Waals surface area (Å²) in [4.78, 5) is -0.704. The zero-order valence-corrected chi connectivity index (χ0v) is 12.0. The highest BCUT2D eigenvalue weighted by Gasteiger charge is 2.29. The Hall–Kier alpha value is -0.640. The van der Waals surface area contributed by atoms with E-state index in [2.05, 4.69) is 15.9 Å². The van der Waals surface area contributed by atoms with Crippen molar-refractivity contribution >= 4 is 26.0 Å². The molecule has 0 saturated heterocycles. The fourth-order valence-corrected chi connectivity index (χ4v) is 3.19. The fraction of sp³-hybridized carbons (Fsp3) is 0.400. The molecule has 108 valence electrons. The molecule has 4 nitrogen and oxygen atoms in total. The van der Waals surface area contributed by atoms with Crippen LogP contribution in [-0.2, 0) is 10.0 Å². The summed E-state index contributed by atoms with van der Waals surface area (Å²) in [6.45, 7) is -2.26. The molecule has 0 aromatic heterocycles. The second-order valence-corrected chi connectivity index (χ2v) is 6.37. The topological polar surface area (TPSA) is 57.6 Å². The van der Waals surface area contributed by atoms with Crippen LogP contribution in [0.4, 0.5) is 13.2 Å². The third-order valence-corrected chi connectivity index (χ3v) is 4.59.